The molecule has 4 heteroatoms. The molecule has 48 valence electrons. The van der Waals surface area contributed by atoms with Crippen molar-refractivity contribution in [3.8, 4) is 0 Å². The molecule has 8 heavy (non-hydrogen) atoms. The van der Waals surface area contributed by atoms with Gasteiger partial charge in [-0.25, -0.2) is 5.48 Å². The van der Waals surface area contributed by atoms with Crippen LogP contribution in [0.3, 0.4) is 0 Å². The second kappa shape index (κ2) is 3.40. The van der Waals surface area contributed by atoms with E-state index in [1.165, 1.54) is 0 Å². The number of hydrogen-bond acceptors (Lipinski definition) is 3. The van der Waals surface area contributed by atoms with Crippen molar-refractivity contribution in [2.24, 2.45) is 5.73 Å². The Kier molecular flexibility index (Phi) is 3.14. The molecule has 0 fully saturated rings. The van der Waals surface area contributed by atoms with E-state index in [-0.39, 0.29) is 12.5 Å². The maximum atomic E-state index is 10.0. The van der Waals surface area contributed by atoms with Gasteiger partial charge in [0.2, 0.25) is 5.91 Å². The van der Waals surface area contributed by atoms with Crippen LogP contribution in [-0.2, 0) is 4.79 Å². The van der Waals surface area contributed by atoms with Crippen molar-refractivity contribution in [1.29, 1.82) is 0 Å². The summed E-state index contributed by atoms with van der Waals surface area (Å²) in [5.41, 5.74) is 6.67. The number of rotatable bonds is 3. The van der Waals surface area contributed by atoms with E-state index in [1.807, 2.05) is 5.48 Å². The highest BCUT2D eigenvalue weighted by Gasteiger charge is 2.01. The van der Waals surface area contributed by atoms with Crippen molar-refractivity contribution >= 4 is 5.91 Å². The SMILES string of the molecule is CC(CC(N)=O)NO. The summed E-state index contributed by atoms with van der Waals surface area (Å²) in [5, 5.41) is 8.13. The largest absolute Gasteiger partial charge is 0.370 e. The first-order valence-corrected chi connectivity index (χ1v) is 2.34. The van der Waals surface area contributed by atoms with E-state index in [1.54, 1.807) is 6.92 Å². The molecule has 0 saturated heterocycles. The second-order valence-corrected chi connectivity index (χ2v) is 1.70. The van der Waals surface area contributed by atoms with Gasteiger partial charge in [0.1, 0.15) is 0 Å². The third-order valence-electron chi connectivity index (χ3n) is 0.728. The molecular formula is C4H10N2O2. The Morgan fingerprint density at radius 1 is 2.00 bits per heavy atom. The lowest BCUT2D eigenvalue weighted by Crippen LogP contribution is -2.28. The highest BCUT2D eigenvalue weighted by Crippen LogP contribution is 1.84. The van der Waals surface area contributed by atoms with Gasteiger partial charge in [0, 0.05) is 12.5 Å². The summed E-state index contributed by atoms with van der Waals surface area (Å²) < 4.78 is 0. The summed E-state index contributed by atoms with van der Waals surface area (Å²) in [6, 6.07) is -0.243. The van der Waals surface area contributed by atoms with Gasteiger partial charge in [-0.1, -0.05) is 0 Å². The summed E-state index contributed by atoms with van der Waals surface area (Å²) in [5.74, 6) is -0.418. The van der Waals surface area contributed by atoms with E-state index < -0.39 is 5.91 Å². The highest BCUT2D eigenvalue weighted by atomic mass is 16.5. The molecule has 0 aromatic heterocycles. The zero-order valence-corrected chi connectivity index (χ0v) is 4.72. The fourth-order valence-corrected chi connectivity index (χ4v) is 0.347. The molecule has 4 N–H and O–H groups in total. The quantitative estimate of drug-likeness (QED) is 0.426. The van der Waals surface area contributed by atoms with Gasteiger partial charge in [0.05, 0.1) is 0 Å². The Balaban J connectivity index is 3.24. The summed E-state index contributed by atoms with van der Waals surface area (Å²) in [6.07, 6.45) is 0.163. The number of carbonyl (C=O) groups is 1. The third kappa shape index (κ3) is 3.58. The van der Waals surface area contributed by atoms with Gasteiger partial charge in [-0.05, 0) is 6.92 Å². The highest BCUT2D eigenvalue weighted by molar-refractivity contribution is 5.74. The first-order chi connectivity index (χ1) is 3.66. The van der Waals surface area contributed by atoms with Crippen LogP contribution in [0.15, 0.2) is 0 Å². The first-order valence-electron chi connectivity index (χ1n) is 2.34. The lowest BCUT2D eigenvalue weighted by Gasteiger charge is -2.02. The normalized spacial score (nSPS) is 13.2. The second-order valence-electron chi connectivity index (χ2n) is 1.70. The van der Waals surface area contributed by atoms with Crippen LogP contribution in [0.25, 0.3) is 0 Å². The Bertz CT molecular complexity index is 84.1. The molecule has 0 spiro atoms. The van der Waals surface area contributed by atoms with Crippen LogP contribution in [0.4, 0.5) is 0 Å². The molecule has 0 saturated carbocycles. The van der Waals surface area contributed by atoms with E-state index in [0.29, 0.717) is 0 Å². The monoisotopic (exact) mass is 118 g/mol. The fraction of sp³-hybridized carbons (Fsp3) is 0.750. The number of carbonyl (C=O) groups excluding carboxylic acids is 1. The standard InChI is InChI=1S/C4H10N2O2/c1-3(6-8)2-4(5)7/h3,6,8H,2H2,1H3,(H2,5,7). The zero-order valence-electron chi connectivity index (χ0n) is 4.72. The van der Waals surface area contributed by atoms with Crippen LogP contribution >= 0.6 is 0 Å². The van der Waals surface area contributed by atoms with Crippen molar-refractivity contribution in [2.45, 2.75) is 19.4 Å². The molecule has 4 nitrogen and oxygen atoms in total. The smallest absolute Gasteiger partial charge is 0.219 e. The van der Waals surface area contributed by atoms with Gasteiger partial charge in [-0.3, -0.25) is 4.79 Å². The fourth-order valence-electron chi connectivity index (χ4n) is 0.347. The van der Waals surface area contributed by atoms with Crippen LogP contribution in [0.1, 0.15) is 13.3 Å². The van der Waals surface area contributed by atoms with Crippen LogP contribution in [0.5, 0.6) is 0 Å². The van der Waals surface area contributed by atoms with E-state index >= 15 is 0 Å². The Morgan fingerprint density at radius 2 is 2.50 bits per heavy atom. The van der Waals surface area contributed by atoms with Gasteiger partial charge in [-0.15, -0.1) is 0 Å². The van der Waals surface area contributed by atoms with Crippen LogP contribution < -0.4 is 11.2 Å². The molecule has 1 amide bonds. The van der Waals surface area contributed by atoms with Gasteiger partial charge in [0.25, 0.3) is 0 Å². The predicted molar refractivity (Wildman–Crippen MR) is 28.2 cm³/mol. The lowest BCUT2D eigenvalue weighted by molar-refractivity contribution is -0.119. The molecule has 0 aliphatic rings. The maximum absolute atomic E-state index is 10.0. The lowest BCUT2D eigenvalue weighted by atomic mass is 10.2. The molecule has 1 atom stereocenters. The average Bonchev–Trinajstić information content (AvgIpc) is 1.65. The van der Waals surface area contributed by atoms with E-state index in [4.69, 9.17) is 10.9 Å². The minimum atomic E-state index is -0.418. The van der Waals surface area contributed by atoms with Gasteiger partial charge in [-0.2, -0.15) is 0 Å². The molecule has 0 aromatic carbocycles. The van der Waals surface area contributed by atoms with Crippen LogP contribution in [-0.4, -0.2) is 17.2 Å². The summed E-state index contributed by atoms with van der Waals surface area (Å²) in [7, 11) is 0. The Hall–Kier alpha value is -0.610. The molecule has 0 radical (unpaired) electrons. The topological polar surface area (TPSA) is 75.4 Å². The van der Waals surface area contributed by atoms with E-state index in [2.05, 4.69) is 0 Å². The summed E-state index contributed by atoms with van der Waals surface area (Å²) in [6.45, 7) is 1.66. The van der Waals surface area contributed by atoms with Crippen molar-refractivity contribution in [3.05, 3.63) is 0 Å². The number of nitrogens with one attached hydrogen (secondary N) is 1. The third-order valence-corrected chi connectivity index (χ3v) is 0.728. The Morgan fingerprint density at radius 3 is 2.62 bits per heavy atom. The molecule has 0 aliphatic heterocycles. The van der Waals surface area contributed by atoms with Crippen LogP contribution in [0.2, 0.25) is 0 Å². The number of nitrogens with two attached hydrogens (primary N) is 1. The van der Waals surface area contributed by atoms with Crippen molar-refractivity contribution < 1.29 is 10.0 Å². The number of amides is 1. The number of hydroxylamine groups is 1. The molecule has 0 heterocycles. The van der Waals surface area contributed by atoms with Crippen molar-refractivity contribution in [2.75, 3.05) is 0 Å². The molecular weight excluding hydrogens is 108 g/mol. The minimum absolute atomic E-state index is 0.163. The molecule has 0 aliphatic carbocycles. The van der Waals surface area contributed by atoms with Gasteiger partial charge >= 0.3 is 0 Å². The summed E-state index contributed by atoms with van der Waals surface area (Å²) >= 11 is 0. The number of primary amides is 1. The van der Waals surface area contributed by atoms with Crippen LogP contribution in [0, 0.1) is 0 Å². The molecule has 1 unspecified atom stereocenters. The van der Waals surface area contributed by atoms with Crippen molar-refractivity contribution in [3.63, 3.8) is 0 Å². The zero-order chi connectivity index (χ0) is 6.57. The minimum Gasteiger partial charge on any atom is -0.370 e. The summed E-state index contributed by atoms with van der Waals surface area (Å²) in [4.78, 5) is 10.0. The molecule has 0 aromatic rings. The Labute approximate surface area is 47.6 Å². The first kappa shape index (κ1) is 7.39. The van der Waals surface area contributed by atoms with Gasteiger partial charge in [0.15, 0.2) is 0 Å². The maximum Gasteiger partial charge on any atom is 0.219 e. The van der Waals surface area contributed by atoms with E-state index in [9.17, 15) is 4.79 Å². The van der Waals surface area contributed by atoms with Crippen molar-refractivity contribution in [1.82, 2.24) is 5.48 Å². The predicted octanol–water partition coefficient (Wildman–Crippen LogP) is -0.771. The number of hydrogen-bond donors (Lipinski definition) is 3. The molecule has 0 rings (SSSR count). The van der Waals surface area contributed by atoms with Gasteiger partial charge < -0.3 is 10.9 Å². The average molecular weight is 118 g/mol. The van der Waals surface area contributed by atoms with E-state index in [0.717, 1.165) is 0 Å². The molecule has 0 bridgehead atoms.